The van der Waals surface area contributed by atoms with E-state index in [-0.39, 0.29) is 10.9 Å². The molecular formula is C15H12BrClN2OS. The van der Waals surface area contributed by atoms with Crippen LogP contribution in [0.25, 0.3) is 20.7 Å². The number of halogens is 2. The highest BCUT2D eigenvalue weighted by Crippen LogP contribution is 2.36. The van der Waals surface area contributed by atoms with Crippen LogP contribution < -0.4 is 5.56 Å². The van der Waals surface area contributed by atoms with E-state index in [9.17, 15) is 4.79 Å². The lowest BCUT2D eigenvalue weighted by atomic mass is 10.1. The smallest absolute Gasteiger partial charge is 0.259 e. The van der Waals surface area contributed by atoms with Crippen molar-refractivity contribution in [3.8, 4) is 10.4 Å². The van der Waals surface area contributed by atoms with Gasteiger partial charge in [0.05, 0.1) is 10.8 Å². The summed E-state index contributed by atoms with van der Waals surface area (Å²) in [7, 11) is 0. The summed E-state index contributed by atoms with van der Waals surface area (Å²) in [4.78, 5) is 21.3. The van der Waals surface area contributed by atoms with Crippen LogP contribution in [0.15, 0.2) is 33.5 Å². The summed E-state index contributed by atoms with van der Waals surface area (Å²) in [6, 6.07) is 8.04. The molecule has 1 atom stereocenters. The Morgan fingerprint density at radius 1 is 1.33 bits per heavy atom. The molecule has 6 heteroatoms. The van der Waals surface area contributed by atoms with Gasteiger partial charge in [0.15, 0.2) is 0 Å². The van der Waals surface area contributed by atoms with E-state index >= 15 is 0 Å². The highest BCUT2D eigenvalue weighted by molar-refractivity contribution is 9.10. The van der Waals surface area contributed by atoms with Gasteiger partial charge in [-0.2, -0.15) is 0 Å². The monoisotopic (exact) mass is 382 g/mol. The number of alkyl halides is 1. The Balaban J connectivity index is 2.26. The number of thiophene rings is 1. The minimum atomic E-state index is -0.319. The molecule has 2 aromatic heterocycles. The topological polar surface area (TPSA) is 45.8 Å². The van der Waals surface area contributed by atoms with Gasteiger partial charge in [0.1, 0.15) is 10.7 Å². The van der Waals surface area contributed by atoms with Crippen LogP contribution in [0, 0.1) is 6.92 Å². The molecule has 108 valence electrons. The summed E-state index contributed by atoms with van der Waals surface area (Å²) in [5, 5.41) is 0.333. The van der Waals surface area contributed by atoms with Gasteiger partial charge in [-0.1, -0.05) is 28.1 Å². The molecule has 0 amide bonds. The molecule has 1 N–H and O–H groups in total. The molecule has 0 spiro atoms. The zero-order valence-electron chi connectivity index (χ0n) is 11.4. The predicted molar refractivity (Wildman–Crippen MR) is 92.4 cm³/mol. The third-order valence-electron chi connectivity index (χ3n) is 3.30. The maximum atomic E-state index is 12.3. The molecule has 1 aromatic carbocycles. The van der Waals surface area contributed by atoms with E-state index in [0.29, 0.717) is 11.2 Å². The molecule has 0 radical (unpaired) electrons. The summed E-state index contributed by atoms with van der Waals surface area (Å²) >= 11 is 11.0. The standard InChI is InChI=1S/C15H12BrClN2OS/c1-7-11-14(20)18-13(8(2)17)19-15(11)21-12(7)9-3-5-10(16)6-4-9/h3-6,8H,1-2H3,(H,18,19,20). The number of nitrogens with one attached hydrogen (secondary N) is 1. The second-order valence-electron chi connectivity index (χ2n) is 4.81. The third kappa shape index (κ3) is 2.65. The molecule has 3 rings (SSSR count). The fraction of sp³-hybridized carbons (Fsp3) is 0.200. The van der Waals surface area contributed by atoms with E-state index in [1.54, 1.807) is 6.92 Å². The first kappa shape index (κ1) is 14.8. The Hall–Kier alpha value is -1.17. The van der Waals surface area contributed by atoms with Gasteiger partial charge in [0, 0.05) is 9.35 Å². The minimum absolute atomic E-state index is 0.125. The molecule has 0 bridgehead atoms. The Morgan fingerprint density at radius 2 is 2.00 bits per heavy atom. The fourth-order valence-electron chi connectivity index (χ4n) is 2.23. The number of aromatic amines is 1. The van der Waals surface area contributed by atoms with Crippen molar-refractivity contribution in [2.75, 3.05) is 0 Å². The second kappa shape index (κ2) is 5.55. The Labute approximate surface area is 139 Å². The van der Waals surface area contributed by atoms with E-state index in [0.717, 1.165) is 25.3 Å². The average Bonchev–Trinajstić information content (AvgIpc) is 2.77. The van der Waals surface area contributed by atoms with Crippen molar-refractivity contribution in [2.45, 2.75) is 19.2 Å². The quantitative estimate of drug-likeness (QED) is 0.631. The number of H-pyrrole nitrogens is 1. The van der Waals surface area contributed by atoms with Gasteiger partial charge in [-0.05, 0) is 37.1 Å². The first-order chi connectivity index (χ1) is 9.97. The average molecular weight is 384 g/mol. The van der Waals surface area contributed by atoms with Gasteiger partial charge in [-0.25, -0.2) is 4.98 Å². The number of hydrogen-bond donors (Lipinski definition) is 1. The zero-order valence-corrected chi connectivity index (χ0v) is 14.6. The van der Waals surface area contributed by atoms with Gasteiger partial charge >= 0.3 is 0 Å². The van der Waals surface area contributed by atoms with Crippen LogP contribution in [0.2, 0.25) is 0 Å². The van der Waals surface area contributed by atoms with Gasteiger partial charge in [-0.3, -0.25) is 4.79 Å². The van der Waals surface area contributed by atoms with Crippen LogP contribution in [-0.2, 0) is 0 Å². The molecule has 1 unspecified atom stereocenters. The van der Waals surface area contributed by atoms with Crippen molar-refractivity contribution in [1.29, 1.82) is 0 Å². The largest absolute Gasteiger partial charge is 0.309 e. The van der Waals surface area contributed by atoms with Gasteiger partial charge < -0.3 is 4.98 Å². The number of nitrogens with zero attached hydrogens (tertiary/aromatic N) is 1. The lowest BCUT2D eigenvalue weighted by molar-refractivity contribution is 0.917. The number of rotatable bonds is 2. The molecular weight excluding hydrogens is 372 g/mol. The van der Waals surface area contributed by atoms with Crippen LogP contribution in [0.3, 0.4) is 0 Å². The van der Waals surface area contributed by atoms with Gasteiger partial charge in [-0.15, -0.1) is 22.9 Å². The molecule has 3 nitrogen and oxygen atoms in total. The molecule has 0 aliphatic carbocycles. The molecule has 0 fully saturated rings. The van der Waals surface area contributed by atoms with E-state index < -0.39 is 0 Å². The maximum Gasteiger partial charge on any atom is 0.259 e. The summed E-state index contributed by atoms with van der Waals surface area (Å²) in [5.74, 6) is 0.512. The molecule has 0 saturated heterocycles. The summed E-state index contributed by atoms with van der Waals surface area (Å²) in [5.41, 5.74) is 1.91. The summed E-state index contributed by atoms with van der Waals surface area (Å²) in [6.45, 7) is 3.75. The number of aromatic nitrogens is 2. The van der Waals surface area contributed by atoms with Crippen molar-refractivity contribution >= 4 is 49.1 Å². The highest BCUT2D eigenvalue weighted by atomic mass is 79.9. The van der Waals surface area contributed by atoms with E-state index in [4.69, 9.17) is 11.6 Å². The van der Waals surface area contributed by atoms with Crippen LogP contribution in [0.1, 0.15) is 23.7 Å². The number of hydrogen-bond acceptors (Lipinski definition) is 3. The Bertz CT molecular complexity index is 868. The SMILES string of the molecule is Cc1c(-c2ccc(Br)cc2)sc2nc(C(C)Cl)[nH]c(=O)c12. The van der Waals surface area contributed by atoms with Crippen molar-refractivity contribution in [3.63, 3.8) is 0 Å². The molecule has 0 aliphatic rings. The number of benzene rings is 1. The molecule has 0 saturated carbocycles. The molecule has 21 heavy (non-hydrogen) atoms. The second-order valence-corrected chi connectivity index (χ2v) is 7.38. The fourth-order valence-corrected chi connectivity index (χ4v) is 3.79. The molecule has 0 aliphatic heterocycles. The maximum absolute atomic E-state index is 12.3. The summed E-state index contributed by atoms with van der Waals surface area (Å²) in [6.07, 6.45) is 0. The van der Waals surface area contributed by atoms with Crippen molar-refractivity contribution in [3.05, 3.63) is 50.5 Å². The normalized spacial score (nSPS) is 12.8. The van der Waals surface area contributed by atoms with E-state index in [2.05, 4.69) is 25.9 Å². The lowest BCUT2D eigenvalue weighted by Crippen LogP contribution is -2.11. The third-order valence-corrected chi connectivity index (χ3v) is 5.27. The number of aryl methyl sites for hydroxylation is 1. The van der Waals surface area contributed by atoms with Crippen LogP contribution in [0.5, 0.6) is 0 Å². The van der Waals surface area contributed by atoms with Crippen molar-refractivity contribution in [2.24, 2.45) is 0 Å². The number of fused-ring (bicyclic) bond motifs is 1. The van der Waals surface area contributed by atoms with Crippen molar-refractivity contribution in [1.82, 2.24) is 9.97 Å². The minimum Gasteiger partial charge on any atom is -0.309 e. The van der Waals surface area contributed by atoms with E-state index in [1.165, 1.54) is 11.3 Å². The Kier molecular flexibility index (Phi) is 3.90. The molecule has 2 heterocycles. The first-order valence-electron chi connectivity index (χ1n) is 6.40. The van der Waals surface area contributed by atoms with Crippen LogP contribution >= 0.6 is 38.9 Å². The Morgan fingerprint density at radius 3 is 2.62 bits per heavy atom. The van der Waals surface area contributed by atoms with Gasteiger partial charge in [0.25, 0.3) is 5.56 Å². The zero-order chi connectivity index (χ0) is 15.1. The summed E-state index contributed by atoms with van der Waals surface area (Å²) < 4.78 is 1.03. The predicted octanol–water partition coefficient (Wildman–Crippen LogP) is 5.02. The molecule has 3 aromatic rings. The highest BCUT2D eigenvalue weighted by Gasteiger charge is 2.16. The van der Waals surface area contributed by atoms with E-state index in [1.807, 2.05) is 31.2 Å². The van der Waals surface area contributed by atoms with Crippen molar-refractivity contribution < 1.29 is 0 Å². The van der Waals surface area contributed by atoms with Gasteiger partial charge in [0.2, 0.25) is 0 Å². The first-order valence-corrected chi connectivity index (χ1v) is 8.45. The lowest BCUT2D eigenvalue weighted by Gasteiger charge is -2.01. The van der Waals surface area contributed by atoms with Crippen LogP contribution in [0.4, 0.5) is 0 Å². The van der Waals surface area contributed by atoms with Crippen LogP contribution in [-0.4, -0.2) is 9.97 Å².